The Morgan fingerprint density at radius 3 is 2.38 bits per heavy atom. The lowest BCUT2D eigenvalue weighted by Crippen LogP contribution is -2.27. The second-order valence-electron chi connectivity index (χ2n) is 6.54. The van der Waals surface area contributed by atoms with E-state index in [0.29, 0.717) is 5.92 Å². The summed E-state index contributed by atoms with van der Waals surface area (Å²) in [5.41, 5.74) is 1.21. The molecule has 1 atom stereocenters. The lowest BCUT2D eigenvalue weighted by atomic mass is 9.76. The van der Waals surface area contributed by atoms with Gasteiger partial charge in [-0.25, -0.2) is 0 Å². The number of hydrogen-bond acceptors (Lipinski definition) is 2. The van der Waals surface area contributed by atoms with Crippen LogP contribution in [0.4, 0.5) is 0 Å². The zero-order valence-electron chi connectivity index (χ0n) is 13.6. The molecule has 21 heavy (non-hydrogen) atoms. The van der Waals surface area contributed by atoms with Crippen LogP contribution in [0.5, 0.6) is 5.75 Å². The minimum Gasteiger partial charge on any atom is -0.497 e. The Bertz CT molecular complexity index is 391. The maximum atomic E-state index is 10.5. The first-order valence-electron chi connectivity index (χ1n) is 8.54. The third kappa shape index (κ3) is 5.03. The molecule has 0 amide bonds. The Labute approximate surface area is 129 Å². The number of aliphatic hydroxyl groups excluding tert-OH is 1. The van der Waals surface area contributed by atoms with Crippen molar-refractivity contribution in [2.24, 2.45) is 11.8 Å². The maximum Gasteiger partial charge on any atom is 0.118 e. The molecule has 0 aliphatic heterocycles. The average molecular weight is 290 g/mol. The molecule has 0 heterocycles. The summed E-state index contributed by atoms with van der Waals surface area (Å²) < 4.78 is 5.17. The summed E-state index contributed by atoms with van der Waals surface area (Å²) in [7, 11) is 1.68. The van der Waals surface area contributed by atoms with E-state index >= 15 is 0 Å². The van der Waals surface area contributed by atoms with Crippen LogP contribution in [-0.2, 0) is 6.42 Å². The summed E-state index contributed by atoms with van der Waals surface area (Å²) in [4.78, 5) is 0. The molecule has 1 N–H and O–H groups in total. The van der Waals surface area contributed by atoms with Crippen LogP contribution in [0.3, 0.4) is 0 Å². The molecule has 1 saturated carbocycles. The van der Waals surface area contributed by atoms with Gasteiger partial charge in [-0.1, -0.05) is 51.2 Å². The molecule has 2 heteroatoms. The van der Waals surface area contributed by atoms with E-state index in [1.807, 2.05) is 12.1 Å². The first-order chi connectivity index (χ1) is 10.2. The van der Waals surface area contributed by atoms with Gasteiger partial charge in [0.1, 0.15) is 5.75 Å². The minimum absolute atomic E-state index is 0.189. The predicted molar refractivity (Wildman–Crippen MR) is 87.7 cm³/mol. The fourth-order valence-electron chi connectivity index (χ4n) is 3.52. The summed E-state index contributed by atoms with van der Waals surface area (Å²) in [5, 5.41) is 10.5. The van der Waals surface area contributed by atoms with E-state index in [4.69, 9.17) is 4.74 Å². The molecule has 1 unspecified atom stereocenters. The second kappa shape index (κ2) is 8.43. The molecular weight excluding hydrogens is 260 g/mol. The van der Waals surface area contributed by atoms with Gasteiger partial charge in [0.15, 0.2) is 0 Å². The highest BCUT2D eigenvalue weighted by atomic mass is 16.5. The molecule has 0 bridgehead atoms. The van der Waals surface area contributed by atoms with Crippen molar-refractivity contribution in [1.82, 2.24) is 0 Å². The largest absolute Gasteiger partial charge is 0.497 e. The fourth-order valence-corrected chi connectivity index (χ4v) is 3.52. The van der Waals surface area contributed by atoms with Crippen LogP contribution in [0, 0.1) is 11.8 Å². The summed E-state index contributed by atoms with van der Waals surface area (Å²) in [6.07, 6.45) is 9.66. The second-order valence-corrected chi connectivity index (χ2v) is 6.54. The van der Waals surface area contributed by atoms with Crippen molar-refractivity contribution >= 4 is 0 Å². The minimum atomic E-state index is -0.189. The quantitative estimate of drug-likeness (QED) is 0.795. The summed E-state index contributed by atoms with van der Waals surface area (Å²) in [5.74, 6) is 2.28. The van der Waals surface area contributed by atoms with Gasteiger partial charge >= 0.3 is 0 Å². The van der Waals surface area contributed by atoms with E-state index < -0.39 is 0 Å². The number of hydrogen-bond donors (Lipinski definition) is 1. The van der Waals surface area contributed by atoms with Gasteiger partial charge < -0.3 is 9.84 Å². The highest BCUT2D eigenvalue weighted by molar-refractivity contribution is 5.27. The summed E-state index contributed by atoms with van der Waals surface area (Å²) in [6, 6.07) is 8.08. The van der Waals surface area contributed by atoms with E-state index in [2.05, 4.69) is 19.1 Å². The van der Waals surface area contributed by atoms with Gasteiger partial charge in [0.25, 0.3) is 0 Å². The standard InChI is InChI=1S/C19H30O2/c1-3-4-5-15-6-10-17(11-7-15)19(20)14-16-8-12-18(21-2)13-9-16/h8-9,12-13,15,17,19-20H,3-7,10-11,14H2,1-2H3. The van der Waals surface area contributed by atoms with Crippen molar-refractivity contribution in [2.45, 2.75) is 64.4 Å². The van der Waals surface area contributed by atoms with Crippen LogP contribution >= 0.6 is 0 Å². The van der Waals surface area contributed by atoms with Crippen LogP contribution in [0.1, 0.15) is 57.4 Å². The molecule has 1 aliphatic carbocycles. The first kappa shape index (κ1) is 16.4. The molecule has 1 aliphatic rings. The molecule has 0 saturated heterocycles. The van der Waals surface area contributed by atoms with Gasteiger partial charge in [0.05, 0.1) is 13.2 Å². The third-order valence-corrected chi connectivity index (χ3v) is 5.01. The summed E-state index contributed by atoms with van der Waals surface area (Å²) >= 11 is 0. The van der Waals surface area contributed by atoms with Crippen LogP contribution in [0.2, 0.25) is 0 Å². The van der Waals surface area contributed by atoms with Crippen molar-refractivity contribution in [1.29, 1.82) is 0 Å². The van der Waals surface area contributed by atoms with Crippen molar-refractivity contribution in [3.05, 3.63) is 29.8 Å². The van der Waals surface area contributed by atoms with Crippen LogP contribution in [0.15, 0.2) is 24.3 Å². The molecule has 2 rings (SSSR count). The third-order valence-electron chi connectivity index (χ3n) is 5.01. The van der Waals surface area contributed by atoms with Crippen molar-refractivity contribution in [3.8, 4) is 5.75 Å². The molecule has 0 radical (unpaired) electrons. The topological polar surface area (TPSA) is 29.5 Å². The SMILES string of the molecule is CCCCC1CCC(C(O)Cc2ccc(OC)cc2)CC1. The van der Waals surface area contributed by atoms with Crippen LogP contribution in [0.25, 0.3) is 0 Å². The highest BCUT2D eigenvalue weighted by Crippen LogP contribution is 2.34. The average Bonchev–Trinajstić information content (AvgIpc) is 2.54. The van der Waals surface area contributed by atoms with E-state index in [9.17, 15) is 5.11 Å². The molecule has 1 fully saturated rings. The molecule has 0 spiro atoms. The lowest BCUT2D eigenvalue weighted by Gasteiger charge is -2.31. The van der Waals surface area contributed by atoms with E-state index in [1.54, 1.807) is 7.11 Å². The lowest BCUT2D eigenvalue weighted by molar-refractivity contribution is 0.0726. The fraction of sp³-hybridized carbons (Fsp3) is 0.684. The monoisotopic (exact) mass is 290 g/mol. The molecule has 118 valence electrons. The Balaban J connectivity index is 1.77. The van der Waals surface area contributed by atoms with Gasteiger partial charge in [-0.2, -0.15) is 0 Å². The smallest absolute Gasteiger partial charge is 0.118 e. The van der Waals surface area contributed by atoms with Gasteiger partial charge in [-0.05, 0) is 48.8 Å². The Morgan fingerprint density at radius 1 is 1.14 bits per heavy atom. The van der Waals surface area contributed by atoms with Crippen LogP contribution < -0.4 is 4.74 Å². The number of unbranched alkanes of at least 4 members (excludes halogenated alkanes) is 1. The van der Waals surface area contributed by atoms with E-state index in [1.165, 1.54) is 50.5 Å². The van der Waals surface area contributed by atoms with Gasteiger partial charge in [-0.3, -0.25) is 0 Å². The number of methoxy groups -OCH3 is 1. The number of rotatable bonds is 7. The maximum absolute atomic E-state index is 10.5. The Morgan fingerprint density at radius 2 is 1.81 bits per heavy atom. The predicted octanol–water partition coefficient (Wildman–Crippen LogP) is 4.60. The van der Waals surface area contributed by atoms with E-state index in [-0.39, 0.29) is 6.10 Å². The molecular formula is C19H30O2. The normalized spacial score (nSPS) is 23.8. The zero-order chi connectivity index (χ0) is 15.1. The summed E-state index contributed by atoms with van der Waals surface area (Å²) in [6.45, 7) is 2.27. The van der Waals surface area contributed by atoms with E-state index in [0.717, 1.165) is 18.1 Å². The van der Waals surface area contributed by atoms with Crippen molar-refractivity contribution in [2.75, 3.05) is 7.11 Å². The molecule has 2 nitrogen and oxygen atoms in total. The number of benzene rings is 1. The molecule has 1 aromatic carbocycles. The Kier molecular flexibility index (Phi) is 6.56. The molecule has 0 aromatic heterocycles. The number of ether oxygens (including phenoxy) is 1. The van der Waals surface area contributed by atoms with Gasteiger partial charge in [-0.15, -0.1) is 0 Å². The van der Waals surface area contributed by atoms with Crippen molar-refractivity contribution in [3.63, 3.8) is 0 Å². The van der Waals surface area contributed by atoms with Crippen LogP contribution in [-0.4, -0.2) is 18.3 Å². The van der Waals surface area contributed by atoms with Gasteiger partial charge in [0, 0.05) is 0 Å². The van der Waals surface area contributed by atoms with Crippen molar-refractivity contribution < 1.29 is 9.84 Å². The molecule has 1 aromatic rings. The highest BCUT2D eigenvalue weighted by Gasteiger charge is 2.26. The number of aliphatic hydroxyl groups is 1. The zero-order valence-corrected chi connectivity index (χ0v) is 13.6. The Hall–Kier alpha value is -1.02. The first-order valence-corrected chi connectivity index (χ1v) is 8.54. The van der Waals surface area contributed by atoms with Gasteiger partial charge in [0.2, 0.25) is 0 Å².